The highest BCUT2D eigenvalue weighted by Gasteiger charge is 2.28. The fourth-order valence-electron chi connectivity index (χ4n) is 2.58. The summed E-state index contributed by atoms with van der Waals surface area (Å²) >= 11 is 0. The lowest BCUT2D eigenvalue weighted by Gasteiger charge is -2.26. The summed E-state index contributed by atoms with van der Waals surface area (Å²) in [5.41, 5.74) is -0.0690. The molecular formula is C16H23NO3S. The average molecular weight is 309 g/mol. The van der Waals surface area contributed by atoms with Gasteiger partial charge in [-0.05, 0) is 24.5 Å². The number of hydrogen-bond acceptors (Lipinski definition) is 3. The van der Waals surface area contributed by atoms with Crippen molar-refractivity contribution in [3.8, 4) is 0 Å². The largest absolute Gasteiger partial charge is 0.389 e. The number of aliphatic hydroxyl groups is 1. The van der Waals surface area contributed by atoms with Crippen molar-refractivity contribution in [1.29, 1.82) is 0 Å². The van der Waals surface area contributed by atoms with Crippen LogP contribution in [0.15, 0.2) is 35.7 Å². The number of benzene rings is 1. The van der Waals surface area contributed by atoms with Crippen molar-refractivity contribution < 1.29 is 13.5 Å². The second kappa shape index (κ2) is 7.20. The van der Waals surface area contributed by atoms with Crippen LogP contribution >= 0.6 is 0 Å². The van der Waals surface area contributed by atoms with Gasteiger partial charge in [0, 0.05) is 12.0 Å². The number of hydrogen-bond donors (Lipinski definition) is 2. The van der Waals surface area contributed by atoms with Gasteiger partial charge in [-0.1, -0.05) is 56.0 Å². The Morgan fingerprint density at radius 2 is 1.71 bits per heavy atom. The molecule has 0 amide bonds. The van der Waals surface area contributed by atoms with Crippen molar-refractivity contribution >= 4 is 16.1 Å². The van der Waals surface area contributed by atoms with E-state index in [1.54, 1.807) is 6.08 Å². The Morgan fingerprint density at radius 3 is 2.33 bits per heavy atom. The Balaban J connectivity index is 1.93. The molecule has 21 heavy (non-hydrogen) atoms. The van der Waals surface area contributed by atoms with Crippen molar-refractivity contribution in [2.45, 2.75) is 44.1 Å². The molecule has 0 atom stereocenters. The van der Waals surface area contributed by atoms with E-state index in [1.807, 2.05) is 30.3 Å². The summed E-state index contributed by atoms with van der Waals surface area (Å²) in [5.74, 6) is 0. The third kappa shape index (κ3) is 5.61. The SMILES string of the molecule is O=S(=O)(C=Cc1ccccc1)NCC1(O)CCCCCC1. The van der Waals surface area contributed by atoms with Crippen molar-refractivity contribution in [2.75, 3.05) is 6.54 Å². The van der Waals surface area contributed by atoms with Crippen LogP contribution in [-0.4, -0.2) is 25.7 Å². The van der Waals surface area contributed by atoms with Gasteiger partial charge in [-0.3, -0.25) is 0 Å². The molecule has 1 saturated carbocycles. The van der Waals surface area contributed by atoms with Gasteiger partial charge in [0.1, 0.15) is 0 Å². The lowest BCUT2D eigenvalue weighted by atomic mass is 9.95. The first-order chi connectivity index (χ1) is 9.99. The average Bonchev–Trinajstić information content (AvgIpc) is 2.70. The Morgan fingerprint density at radius 1 is 1.10 bits per heavy atom. The topological polar surface area (TPSA) is 66.4 Å². The number of nitrogens with one attached hydrogen (secondary N) is 1. The number of rotatable bonds is 5. The maximum Gasteiger partial charge on any atom is 0.233 e. The molecule has 1 fully saturated rings. The van der Waals surface area contributed by atoms with Gasteiger partial charge in [0.25, 0.3) is 0 Å². The predicted octanol–water partition coefficient (Wildman–Crippen LogP) is 2.66. The Labute approximate surface area is 126 Å². The second-order valence-corrected chi connectivity index (χ2v) is 7.37. The second-order valence-electron chi connectivity index (χ2n) is 5.72. The normalized spacial score (nSPS) is 19.5. The van der Waals surface area contributed by atoms with E-state index >= 15 is 0 Å². The molecule has 1 aromatic rings. The molecule has 1 aliphatic carbocycles. The molecule has 0 radical (unpaired) electrons. The van der Waals surface area contributed by atoms with Gasteiger partial charge in [0.05, 0.1) is 5.60 Å². The van der Waals surface area contributed by atoms with Crippen LogP contribution in [0.1, 0.15) is 44.1 Å². The quantitative estimate of drug-likeness (QED) is 0.822. The van der Waals surface area contributed by atoms with Gasteiger partial charge in [-0.2, -0.15) is 0 Å². The van der Waals surface area contributed by atoms with Gasteiger partial charge in [0.2, 0.25) is 10.0 Å². The monoisotopic (exact) mass is 309 g/mol. The molecule has 0 unspecified atom stereocenters. The van der Waals surface area contributed by atoms with Crippen LogP contribution in [0.5, 0.6) is 0 Å². The molecular weight excluding hydrogens is 286 g/mol. The first kappa shape index (κ1) is 16.2. The molecule has 1 aromatic carbocycles. The fourth-order valence-corrected chi connectivity index (χ4v) is 3.48. The van der Waals surface area contributed by atoms with Gasteiger partial charge in [0.15, 0.2) is 0 Å². The van der Waals surface area contributed by atoms with Gasteiger partial charge in [-0.25, -0.2) is 13.1 Å². The zero-order chi connectivity index (χ0) is 15.2. The third-order valence-corrected chi connectivity index (χ3v) is 4.92. The summed E-state index contributed by atoms with van der Waals surface area (Å²) in [4.78, 5) is 0. The molecule has 0 heterocycles. The van der Waals surface area contributed by atoms with Crippen molar-refractivity contribution in [3.63, 3.8) is 0 Å². The third-order valence-electron chi connectivity index (χ3n) is 3.88. The summed E-state index contributed by atoms with van der Waals surface area (Å²) in [7, 11) is -3.52. The minimum absolute atomic E-state index is 0.0917. The molecule has 0 aliphatic heterocycles. The zero-order valence-corrected chi connectivity index (χ0v) is 13.0. The van der Waals surface area contributed by atoms with Crippen molar-refractivity contribution in [3.05, 3.63) is 41.3 Å². The molecule has 0 bridgehead atoms. The van der Waals surface area contributed by atoms with Gasteiger partial charge in [-0.15, -0.1) is 0 Å². The van der Waals surface area contributed by atoms with Crippen LogP contribution in [0.2, 0.25) is 0 Å². The highest BCUT2D eigenvalue weighted by atomic mass is 32.2. The Kier molecular flexibility index (Phi) is 5.56. The Hall–Kier alpha value is -1.17. The van der Waals surface area contributed by atoms with Crippen LogP contribution in [0.25, 0.3) is 6.08 Å². The van der Waals surface area contributed by atoms with Gasteiger partial charge >= 0.3 is 0 Å². The zero-order valence-electron chi connectivity index (χ0n) is 12.2. The molecule has 0 spiro atoms. The molecule has 2 rings (SSSR count). The standard InChI is InChI=1S/C16H23NO3S/c18-16(11-6-1-2-7-12-16)14-17-21(19,20)13-10-15-8-4-3-5-9-15/h3-5,8-10,13,17-18H,1-2,6-7,11-12,14H2. The van der Waals surface area contributed by atoms with E-state index in [2.05, 4.69) is 4.72 Å². The minimum atomic E-state index is -3.52. The summed E-state index contributed by atoms with van der Waals surface area (Å²) in [6, 6.07) is 9.27. The molecule has 116 valence electrons. The van der Waals surface area contributed by atoms with Crippen LogP contribution in [0.3, 0.4) is 0 Å². The van der Waals surface area contributed by atoms with E-state index in [-0.39, 0.29) is 6.54 Å². The number of sulfonamides is 1. The van der Waals surface area contributed by atoms with Crippen LogP contribution in [0.4, 0.5) is 0 Å². The first-order valence-electron chi connectivity index (χ1n) is 7.44. The molecule has 2 N–H and O–H groups in total. The van der Waals surface area contributed by atoms with Crippen LogP contribution in [-0.2, 0) is 10.0 Å². The van der Waals surface area contributed by atoms with E-state index in [4.69, 9.17) is 0 Å². The fraction of sp³-hybridized carbons (Fsp3) is 0.500. The lowest BCUT2D eigenvalue weighted by Crippen LogP contribution is -2.41. The molecule has 4 nitrogen and oxygen atoms in total. The van der Waals surface area contributed by atoms with Crippen molar-refractivity contribution in [2.24, 2.45) is 0 Å². The van der Waals surface area contributed by atoms with E-state index in [0.29, 0.717) is 12.8 Å². The molecule has 5 heteroatoms. The molecule has 0 aromatic heterocycles. The Bertz CT molecular complexity index is 558. The maximum absolute atomic E-state index is 12.0. The van der Waals surface area contributed by atoms with E-state index < -0.39 is 15.6 Å². The summed E-state index contributed by atoms with van der Waals surface area (Å²) < 4.78 is 26.4. The van der Waals surface area contributed by atoms with Crippen LogP contribution in [0, 0.1) is 0 Å². The van der Waals surface area contributed by atoms with Crippen molar-refractivity contribution in [1.82, 2.24) is 4.72 Å². The van der Waals surface area contributed by atoms with Crippen LogP contribution < -0.4 is 4.72 Å². The maximum atomic E-state index is 12.0. The first-order valence-corrected chi connectivity index (χ1v) is 8.99. The highest BCUT2D eigenvalue weighted by Crippen LogP contribution is 2.26. The summed E-state index contributed by atoms with van der Waals surface area (Å²) in [6.45, 7) is 0.0917. The van der Waals surface area contributed by atoms with E-state index in [0.717, 1.165) is 36.7 Å². The smallest absolute Gasteiger partial charge is 0.233 e. The summed E-state index contributed by atoms with van der Waals surface area (Å²) in [6.07, 6.45) is 7.03. The van der Waals surface area contributed by atoms with Gasteiger partial charge < -0.3 is 5.11 Å². The lowest BCUT2D eigenvalue weighted by molar-refractivity contribution is 0.0304. The highest BCUT2D eigenvalue weighted by molar-refractivity contribution is 7.92. The predicted molar refractivity (Wildman–Crippen MR) is 85.1 cm³/mol. The van der Waals surface area contributed by atoms with E-state index in [9.17, 15) is 13.5 Å². The van der Waals surface area contributed by atoms with E-state index in [1.165, 1.54) is 0 Å². The molecule has 1 aliphatic rings. The summed E-state index contributed by atoms with van der Waals surface area (Å²) in [5, 5.41) is 11.6. The minimum Gasteiger partial charge on any atom is -0.389 e. The molecule has 0 saturated heterocycles.